The van der Waals surface area contributed by atoms with Gasteiger partial charge in [0.1, 0.15) is 11.5 Å². The molecule has 0 bridgehead atoms. The minimum absolute atomic E-state index is 0.368. The Kier molecular flexibility index (Phi) is 8.55. The average Bonchev–Trinajstić information content (AvgIpc) is 3.34. The van der Waals surface area contributed by atoms with Crippen molar-refractivity contribution in [3.05, 3.63) is 60.5 Å². The van der Waals surface area contributed by atoms with Crippen LogP contribution in [0.5, 0.6) is 0 Å². The van der Waals surface area contributed by atoms with Gasteiger partial charge in [-0.05, 0) is 62.1 Å². The summed E-state index contributed by atoms with van der Waals surface area (Å²) >= 11 is 0. The molecular weight excluding hydrogens is 336 g/mol. The molecule has 0 N–H and O–H groups in total. The van der Waals surface area contributed by atoms with Gasteiger partial charge in [0.25, 0.3) is 0 Å². The van der Waals surface area contributed by atoms with Gasteiger partial charge in [0.15, 0.2) is 0 Å². The molecule has 0 unspecified atom stereocenters. The minimum Gasteiger partial charge on any atom is -0.465 e. The second kappa shape index (κ2) is 11.5. The van der Waals surface area contributed by atoms with E-state index >= 15 is 0 Å². The number of rotatable bonds is 11. The molecule has 2 aromatic rings. The normalized spacial score (nSPS) is 11.2. The van der Waals surface area contributed by atoms with Gasteiger partial charge < -0.3 is 18.3 Å². The van der Waals surface area contributed by atoms with Crippen LogP contribution in [0, 0.1) is 0 Å². The number of ether oxygens (including phenoxy) is 2. The van der Waals surface area contributed by atoms with Crippen LogP contribution in [0.2, 0.25) is 0 Å². The highest BCUT2D eigenvalue weighted by Crippen LogP contribution is 2.05. The Morgan fingerprint density at radius 3 is 1.62 bits per heavy atom. The van der Waals surface area contributed by atoms with Crippen LogP contribution in [-0.4, -0.2) is 25.2 Å². The van der Waals surface area contributed by atoms with Gasteiger partial charge in [-0.15, -0.1) is 0 Å². The summed E-state index contributed by atoms with van der Waals surface area (Å²) in [5, 5.41) is 0. The molecule has 6 nitrogen and oxygen atoms in total. The first kappa shape index (κ1) is 19.3. The zero-order valence-electron chi connectivity index (χ0n) is 14.5. The van der Waals surface area contributed by atoms with Gasteiger partial charge >= 0.3 is 11.9 Å². The lowest BCUT2D eigenvalue weighted by molar-refractivity contribution is -0.139. The smallest absolute Gasteiger partial charge is 0.330 e. The summed E-state index contributed by atoms with van der Waals surface area (Å²) < 4.78 is 20.3. The van der Waals surface area contributed by atoms with Crippen LogP contribution >= 0.6 is 0 Å². The van der Waals surface area contributed by atoms with Crippen molar-refractivity contribution in [3.8, 4) is 0 Å². The Bertz CT molecular complexity index is 633. The molecule has 0 aliphatic heterocycles. The second-order valence-corrected chi connectivity index (χ2v) is 5.45. The van der Waals surface area contributed by atoms with Crippen LogP contribution in [-0.2, 0) is 19.1 Å². The van der Waals surface area contributed by atoms with Crippen LogP contribution in [0.3, 0.4) is 0 Å². The van der Waals surface area contributed by atoms with Gasteiger partial charge in [-0.3, -0.25) is 0 Å². The van der Waals surface area contributed by atoms with E-state index in [0.29, 0.717) is 24.7 Å². The summed E-state index contributed by atoms with van der Waals surface area (Å²) in [5.41, 5.74) is 0. The second-order valence-electron chi connectivity index (χ2n) is 5.45. The maximum absolute atomic E-state index is 11.5. The van der Waals surface area contributed by atoms with E-state index in [-0.39, 0.29) is 0 Å². The number of hydrogen-bond donors (Lipinski definition) is 0. The van der Waals surface area contributed by atoms with E-state index in [2.05, 4.69) is 0 Å². The van der Waals surface area contributed by atoms with E-state index in [1.54, 1.807) is 36.4 Å². The fourth-order valence-corrected chi connectivity index (χ4v) is 2.07. The molecule has 138 valence electrons. The van der Waals surface area contributed by atoms with Crippen molar-refractivity contribution < 1.29 is 27.9 Å². The van der Waals surface area contributed by atoms with E-state index in [1.165, 1.54) is 24.7 Å². The average molecular weight is 358 g/mol. The first-order chi connectivity index (χ1) is 12.7. The first-order valence-electron chi connectivity index (χ1n) is 8.51. The van der Waals surface area contributed by atoms with Crippen LogP contribution in [0.4, 0.5) is 0 Å². The van der Waals surface area contributed by atoms with Crippen molar-refractivity contribution in [3.63, 3.8) is 0 Å². The van der Waals surface area contributed by atoms with E-state index in [1.807, 2.05) is 0 Å². The van der Waals surface area contributed by atoms with Crippen LogP contribution in [0.1, 0.15) is 37.2 Å². The van der Waals surface area contributed by atoms with E-state index in [4.69, 9.17) is 18.3 Å². The molecule has 0 fully saturated rings. The zero-order chi connectivity index (χ0) is 18.5. The van der Waals surface area contributed by atoms with Gasteiger partial charge in [0.2, 0.25) is 0 Å². The fraction of sp³-hybridized carbons (Fsp3) is 0.300. The number of unbranched alkanes of at least 4 members (excludes halogenated alkanes) is 3. The first-order valence-corrected chi connectivity index (χ1v) is 8.51. The molecule has 26 heavy (non-hydrogen) atoms. The molecule has 0 atom stereocenters. The van der Waals surface area contributed by atoms with Crippen molar-refractivity contribution in [2.24, 2.45) is 0 Å². The van der Waals surface area contributed by atoms with Gasteiger partial charge in [-0.2, -0.15) is 0 Å². The molecule has 0 saturated heterocycles. The Labute approximate surface area is 152 Å². The third-order valence-electron chi connectivity index (χ3n) is 3.38. The highest BCUT2D eigenvalue weighted by atomic mass is 16.5. The standard InChI is InChI=1S/C20H22O6/c21-19(11-9-17-7-5-15-23-17)25-13-3-1-2-4-14-26-20(22)12-10-18-8-6-16-24-18/h5-12,15-16H,1-4,13-14H2/b11-9+,12-10+. The molecular formula is C20H22O6. The van der Waals surface area contributed by atoms with Gasteiger partial charge in [0.05, 0.1) is 25.7 Å². The molecule has 0 aliphatic rings. The lowest BCUT2D eigenvalue weighted by Gasteiger charge is -2.03. The van der Waals surface area contributed by atoms with Crippen LogP contribution in [0.15, 0.2) is 57.8 Å². The molecule has 0 saturated carbocycles. The molecule has 2 aromatic heterocycles. The SMILES string of the molecule is O=C(/C=C/c1ccco1)OCCCCCCOC(=O)/C=C/c1ccco1. The molecule has 0 spiro atoms. The highest BCUT2D eigenvalue weighted by Gasteiger charge is 2.00. The van der Waals surface area contributed by atoms with E-state index < -0.39 is 11.9 Å². The van der Waals surface area contributed by atoms with Crippen molar-refractivity contribution in [2.75, 3.05) is 13.2 Å². The topological polar surface area (TPSA) is 78.9 Å². The third kappa shape index (κ3) is 8.19. The van der Waals surface area contributed by atoms with Crippen LogP contribution in [0.25, 0.3) is 12.2 Å². The Morgan fingerprint density at radius 1 is 0.769 bits per heavy atom. The number of hydrogen-bond acceptors (Lipinski definition) is 6. The number of esters is 2. The van der Waals surface area contributed by atoms with Gasteiger partial charge in [0, 0.05) is 12.2 Å². The zero-order valence-corrected chi connectivity index (χ0v) is 14.5. The summed E-state index contributed by atoms with van der Waals surface area (Å²) in [5.74, 6) is 0.434. The summed E-state index contributed by atoms with van der Waals surface area (Å²) in [7, 11) is 0. The van der Waals surface area contributed by atoms with Crippen molar-refractivity contribution in [2.45, 2.75) is 25.7 Å². The summed E-state index contributed by atoms with van der Waals surface area (Å²) in [6, 6.07) is 7.00. The largest absolute Gasteiger partial charge is 0.465 e. The monoisotopic (exact) mass is 358 g/mol. The molecule has 2 heterocycles. The molecule has 6 heteroatoms. The summed E-state index contributed by atoms with van der Waals surface area (Å²) in [6.45, 7) is 0.736. The fourth-order valence-electron chi connectivity index (χ4n) is 2.07. The quantitative estimate of drug-likeness (QED) is 0.339. The Balaban J connectivity index is 1.43. The Hall–Kier alpha value is -3.02. The van der Waals surface area contributed by atoms with Crippen molar-refractivity contribution >= 4 is 24.1 Å². The lowest BCUT2D eigenvalue weighted by Crippen LogP contribution is -2.03. The summed E-state index contributed by atoms with van der Waals surface area (Å²) in [4.78, 5) is 22.9. The third-order valence-corrected chi connectivity index (χ3v) is 3.38. The van der Waals surface area contributed by atoms with E-state index in [0.717, 1.165) is 25.7 Å². The predicted octanol–water partition coefficient (Wildman–Crippen LogP) is 4.25. The Morgan fingerprint density at radius 2 is 1.23 bits per heavy atom. The van der Waals surface area contributed by atoms with Crippen molar-refractivity contribution in [1.29, 1.82) is 0 Å². The predicted molar refractivity (Wildman–Crippen MR) is 95.9 cm³/mol. The lowest BCUT2D eigenvalue weighted by atomic mass is 10.2. The van der Waals surface area contributed by atoms with Crippen LogP contribution < -0.4 is 0 Å². The van der Waals surface area contributed by atoms with Gasteiger partial charge in [-0.25, -0.2) is 9.59 Å². The minimum atomic E-state index is -0.390. The maximum atomic E-state index is 11.5. The number of furan rings is 2. The molecule has 0 amide bonds. The number of carbonyl (C=O) groups is 2. The van der Waals surface area contributed by atoms with Gasteiger partial charge in [-0.1, -0.05) is 0 Å². The highest BCUT2D eigenvalue weighted by molar-refractivity contribution is 5.87. The molecule has 0 aliphatic carbocycles. The summed E-state index contributed by atoms with van der Waals surface area (Å²) in [6.07, 6.45) is 12.2. The molecule has 0 aromatic carbocycles. The molecule has 0 radical (unpaired) electrons. The molecule has 2 rings (SSSR count). The number of carbonyl (C=O) groups excluding carboxylic acids is 2. The van der Waals surface area contributed by atoms with E-state index in [9.17, 15) is 9.59 Å². The maximum Gasteiger partial charge on any atom is 0.330 e. The van der Waals surface area contributed by atoms with Crippen molar-refractivity contribution in [1.82, 2.24) is 0 Å².